The van der Waals surface area contributed by atoms with Gasteiger partial charge >= 0.3 is 11.9 Å². The van der Waals surface area contributed by atoms with Crippen LogP contribution in [0.15, 0.2) is 28.0 Å². The minimum atomic E-state index is -1.16. The monoisotopic (exact) mass is 724 g/mol. The number of rotatable bonds is 15. The fraction of sp³-hybridized carbons (Fsp3) is 0.571. The van der Waals surface area contributed by atoms with Gasteiger partial charge in [0.05, 0.1) is 18.6 Å². The summed E-state index contributed by atoms with van der Waals surface area (Å²) in [5.41, 5.74) is 8.75. The topological polar surface area (TPSA) is 207 Å². The Morgan fingerprint density at radius 3 is 2.23 bits per heavy atom. The Labute approximate surface area is 290 Å². The van der Waals surface area contributed by atoms with E-state index < -0.39 is 36.0 Å². The molecule has 2 rings (SSSR count). The van der Waals surface area contributed by atoms with Gasteiger partial charge in [-0.15, -0.1) is 28.7 Å². The molecule has 0 aliphatic heterocycles. The van der Waals surface area contributed by atoms with Crippen LogP contribution < -0.4 is 0 Å². The third-order valence-corrected chi connectivity index (χ3v) is 7.80. The van der Waals surface area contributed by atoms with Crippen LogP contribution in [0.25, 0.3) is 15.8 Å². The van der Waals surface area contributed by atoms with E-state index in [2.05, 4.69) is 25.3 Å². The fourth-order valence-electron chi connectivity index (χ4n) is 3.30. The minimum Gasteiger partial charge on any atom is -0.650 e. The SMILES string of the molecule is CCOC(=O)c1csc(C(=O)/C=C/C(C)C)n1.CC[C@H](C)C(N=[N+]=[N-])C(=O)[N-][C@H](C[C@@H](O)c1nc(C(=O)O)cs1)C(C)C.[Y]. The zero-order chi connectivity index (χ0) is 32.7. The zero-order valence-corrected chi connectivity index (χ0v) is 30.4. The number of hydrogen-bond donors (Lipinski definition) is 2. The molecule has 0 aliphatic rings. The summed E-state index contributed by atoms with van der Waals surface area (Å²) in [6, 6.07) is -1.38. The quantitative estimate of drug-likeness (QED) is 0.0504. The van der Waals surface area contributed by atoms with Crippen LogP contribution in [0, 0.1) is 17.8 Å². The summed E-state index contributed by atoms with van der Waals surface area (Å²) in [6.45, 7) is 13.4. The number of carbonyl (C=O) groups is 4. The van der Waals surface area contributed by atoms with Crippen molar-refractivity contribution in [2.45, 2.75) is 79.5 Å². The molecule has 16 heteroatoms. The van der Waals surface area contributed by atoms with Gasteiger partial charge < -0.3 is 25.1 Å². The van der Waals surface area contributed by atoms with Crippen LogP contribution in [-0.4, -0.2) is 62.5 Å². The molecule has 0 fully saturated rings. The third-order valence-electron chi connectivity index (χ3n) is 6.00. The molecule has 4 atom stereocenters. The number of esters is 1. The number of ether oxygens (including phenoxy) is 1. The zero-order valence-electron chi connectivity index (χ0n) is 25.9. The summed E-state index contributed by atoms with van der Waals surface area (Å²) < 4.78 is 4.80. The average Bonchev–Trinajstić information content (AvgIpc) is 3.65. The molecule has 1 radical (unpaired) electrons. The molecular formula is C28H39N6O7S2Y-. The van der Waals surface area contributed by atoms with Crippen molar-refractivity contribution >= 4 is 46.3 Å². The molecule has 1 unspecified atom stereocenters. The smallest absolute Gasteiger partial charge is 0.357 e. The summed E-state index contributed by atoms with van der Waals surface area (Å²) >= 11 is 2.20. The normalized spacial score (nSPS) is 13.5. The van der Waals surface area contributed by atoms with E-state index in [1.165, 1.54) is 16.8 Å². The number of hydrogen-bond acceptors (Lipinski definition) is 11. The molecule has 0 aromatic carbocycles. The van der Waals surface area contributed by atoms with Gasteiger partial charge in [0, 0.05) is 48.4 Å². The van der Waals surface area contributed by atoms with Crippen LogP contribution in [0.2, 0.25) is 0 Å². The molecule has 0 saturated heterocycles. The maximum Gasteiger partial charge on any atom is 0.357 e. The van der Waals surface area contributed by atoms with Gasteiger partial charge in [-0.3, -0.25) is 4.79 Å². The number of allylic oxidation sites excluding steroid dienone is 2. The number of azide groups is 1. The fourth-order valence-corrected chi connectivity index (χ4v) is 4.80. The number of carboxylic acids is 1. The van der Waals surface area contributed by atoms with E-state index in [1.54, 1.807) is 13.0 Å². The summed E-state index contributed by atoms with van der Waals surface area (Å²) in [5.74, 6) is -2.22. The Balaban J connectivity index is 0.000000892. The van der Waals surface area contributed by atoms with Crippen molar-refractivity contribution in [1.82, 2.24) is 9.97 Å². The van der Waals surface area contributed by atoms with Gasteiger partial charge in [-0.2, -0.15) is 0 Å². The molecule has 13 nitrogen and oxygen atoms in total. The Kier molecular flexibility index (Phi) is 20.0. The second kappa shape index (κ2) is 21.2. The number of ketones is 1. The van der Waals surface area contributed by atoms with Crippen molar-refractivity contribution in [2.75, 3.05) is 6.61 Å². The molecule has 0 saturated carbocycles. The van der Waals surface area contributed by atoms with E-state index in [-0.39, 0.29) is 73.1 Å². The molecule has 239 valence electrons. The van der Waals surface area contributed by atoms with E-state index >= 15 is 0 Å². The second-order valence-electron chi connectivity index (χ2n) is 10.2. The number of thiazole rings is 2. The minimum absolute atomic E-state index is 0. The molecule has 2 N–H and O–H groups in total. The van der Waals surface area contributed by atoms with Crippen LogP contribution in [0.4, 0.5) is 0 Å². The number of carboxylic acid groups (broad SMARTS) is 1. The van der Waals surface area contributed by atoms with E-state index in [1.807, 2.05) is 41.5 Å². The Morgan fingerprint density at radius 2 is 1.73 bits per heavy atom. The molecule has 2 aromatic heterocycles. The Morgan fingerprint density at radius 1 is 1.09 bits per heavy atom. The van der Waals surface area contributed by atoms with E-state index in [9.17, 15) is 24.3 Å². The first-order valence-corrected chi connectivity index (χ1v) is 15.5. The van der Waals surface area contributed by atoms with E-state index in [0.29, 0.717) is 24.0 Å². The maximum atomic E-state index is 12.5. The van der Waals surface area contributed by atoms with Gasteiger partial charge in [-0.25, -0.2) is 19.6 Å². The number of carbonyl (C=O) groups excluding carboxylic acids is 3. The van der Waals surface area contributed by atoms with Gasteiger partial charge in [0.2, 0.25) is 5.78 Å². The number of nitrogens with zero attached hydrogens (tertiary/aromatic N) is 6. The standard InChI is InChI=1S/C16H25N5O4S.C12H15NO3S.Y/c1-5-9(4)13(20-21-17)14(23)18-10(8(2)3)6-12(22)15-19-11(7-26-15)16(24)25;1-4-16-12(15)9-7-17-11(13-9)10(14)6-5-8(2)3;/h7-10,12-13,22H,5-6H2,1-4H3,(H2,18,23,24,25);5-8H,4H2,1-3H3;/p-1/b;6-5+;/t9-,10+,12+,13?;;/m0../s1. The van der Waals surface area contributed by atoms with E-state index in [0.717, 1.165) is 22.7 Å². The second-order valence-corrected chi connectivity index (χ2v) is 11.9. The first-order valence-electron chi connectivity index (χ1n) is 13.8. The molecule has 0 bridgehead atoms. The molecule has 0 spiro atoms. The number of amides is 1. The predicted octanol–water partition coefficient (Wildman–Crippen LogP) is 6.63. The van der Waals surface area contributed by atoms with Crippen molar-refractivity contribution in [3.05, 3.63) is 60.1 Å². The number of aromatic carboxylic acids is 1. The largest absolute Gasteiger partial charge is 0.650 e. The third kappa shape index (κ3) is 14.0. The summed E-state index contributed by atoms with van der Waals surface area (Å²) in [5, 5.41) is 30.5. The summed E-state index contributed by atoms with van der Waals surface area (Å²) in [7, 11) is 0. The number of aliphatic hydroxyl groups excluding tert-OH is 1. The van der Waals surface area contributed by atoms with Crippen LogP contribution in [-0.2, 0) is 42.2 Å². The van der Waals surface area contributed by atoms with Gasteiger partial charge in [0.1, 0.15) is 11.1 Å². The van der Waals surface area contributed by atoms with Gasteiger partial charge in [0.15, 0.2) is 16.4 Å². The molecular weight excluding hydrogens is 685 g/mol. The van der Waals surface area contributed by atoms with Crippen molar-refractivity contribution < 1.29 is 66.8 Å². The van der Waals surface area contributed by atoms with Crippen LogP contribution in [0.3, 0.4) is 0 Å². The maximum absolute atomic E-state index is 12.5. The van der Waals surface area contributed by atoms with Crippen molar-refractivity contribution in [1.29, 1.82) is 0 Å². The van der Waals surface area contributed by atoms with Crippen molar-refractivity contribution in [3.63, 3.8) is 0 Å². The average molecular weight is 725 g/mol. The van der Waals surface area contributed by atoms with Crippen LogP contribution in [0.1, 0.15) is 103 Å². The van der Waals surface area contributed by atoms with E-state index in [4.69, 9.17) is 15.4 Å². The Hall–Kier alpha value is -2.55. The van der Waals surface area contributed by atoms with Crippen LogP contribution in [0.5, 0.6) is 0 Å². The van der Waals surface area contributed by atoms with Crippen LogP contribution >= 0.6 is 22.7 Å². The summed E-state index contributed by atoms with van der Waals surface area (Å²) in [6.07, 6.45) is 3.04. The van der Waals surface area contributed by atoms with Crippen molar-refractivity contribution in [3.8, 4) is 0 Å². The molecule has 2 heterocycles. The molecule has 44 heavy (non-hydrogen) atoms. The Bertz CT molecular complexity index is 1310. The van der Waals surface area contributed by atoms with Gasteiger partial charge in [-0.1, -0.05) is 65.1 Å². The molecule has 1 amide bonds. The van der Waals surface area contributed by atoms with Gasteiger partial charge in [0.25, 0.3) is 0 Å². The first-order chi connectivity index (χ1) is 20.2. The van der Waals surface area contributed by atoms with Gasteiger partial charge in [-0.05, 0) is 36.8 Å². The first kappa shape index (κ1) is 41.5. The van der Waals surface area contributed by atoms with Crippen molar-refractivity contribution in [2.24, 2.45) is 22.9 Å². The molecule has 0 aliphatic carbocycles. The predicted molar refractivity (Wildman–Crippen MR) is 164 cm³/mol. The summed E-state index contributed by atoms with van der Waals surface area (Å²) in [4.78, 5) is 56.9. The number of aromatic nitrogens is 2. The number of aliphatic hydroxyl groups is 1. The molecule has 2 aromatic rings.